The van der Waals surface area contributed by atoms with Gasteiger partial charge in [-0.3, -0.25) is 9.59 Å². The lowest BCUT2D eigenvalue weighted by Crippen LogP contribution is -2.45. The Labute approximate surface area is 250 Å². The van der Waals surface area contributed by atoms with E-state index in [1.807, 2.05) is 12.1 Å². The molecule has 4 heterocycles. The zero-order valence-electron chi connectivity index (χ0n) is 22.0. The largest absolute Gasteiger partial charge is 0.454 e. The molecular formula is C25H31BrClN7O5S. The second-order valence-corrected chi connectivity index (χ2v) is 11.5. The van der Waals surface area contributed by atoms with Crippen LogP contribution in [0, 0.1) is 5.92 Å². The fourth-order valence-corrected chi connectivity index (χ4v) is 6.14. The van der Waals surface area contributed by atoms with Gasteiger partial charge in [-0.1, -0.05) is 11.8 Å². The van der Waals surface area contributed by atoms with Crippen molar-refractivity contribution >= 4 is 69.0 Å². The van der Waals surface area contributed by atoms with E-state index in [4.69, 9.17) is 30.7 Å². The van der Waals surface area contributed by atoms with Crippen LogP contribution in [0.5, 0.6) is 11.5 Å². The molecule has 0 saturated carbocycles. The second kappa shape index (κ2) is 12.8. The van der Waals surface area contributed by atoms with Crippen molar-refractivity contribution in [1.29, 1.82) is 0 Å². The Bertz CT molecular complexity index is 1400. The van der Waals surface area contributed by atoms with Crippen molar-refractivity contribution < 1.29 is 23.8 Å². The minimum Gasteiger partial charge on any atom is -0.454 e. The highest BCUT2D eigenvalue weighted by atomic mass is 79.9. The summed E-state index contributed by atoms with van der Waals surface area (Å²) >= 11 is 5.11. The first kappa shape index (κ1) is 30.2. The van der Waals surface area contributed by atoms with Crippen molar-refractivity contribution in [2.45, 2.75) is 61.9 Å². The number of carbonyl (C=O) groups is 2. The van der Waals surface area contributed by atoms with Gasteiger partial charge in [0.15, 0.2) is 39.7 Å². The molecule has 0 bridgehead atoms. The second-order valence-electron chi connectivity index (χ2n) is 9.64. The van der Waals surface area contributed by atoms with E-state index in [2.05, 4.69) is 30.5 Å². The molecule has 0 spiro atoms. The number of esters is 1. The average molecular weight is 657 g/mol. The third kappa shape index (κ3) is 6.40. The van der Waals surface area contributed by atoms with Crippen molar-refractivity contribution in [2.24, 2.45) is 11.7 Å². The van der Waals surface area contributed by atoms with Crippen LogP contribution in [0.4, 0.5) is 5.82 Å². The molecule has 5 rings (SSSR count). The smallest absolute Gasteiger partial charge is 0.323 e. The first-order valence-electron chi connectivity index (χ1n) is 12.7. The van der Waals surface area contributed by atoms with Crippen molar-refractivity contribution in [1.82, 2.24) is 24.4 Å². The third-order valence-corrected chi connectivity index (χ3v) is 8.82. The molecular weight excluding hydrogens is 626 g/mol. The maximum Gasteiger partial charge on any atom is 0.323 e. The lowest BCUT2D eigenvalue weighted by Gasteiger charge is -2.33. The monoisotopic (exact) mass is 655 g/mol. The SMILES string of the molecule is C[C@H](OC(=O)[C@@H](C)N)C(=O)N1CCC(CCn2c(Sc3cc4c(cc3Br)OCO4)nc3c(N)ncnc32)CC1.Cl. The Morgan fingerprint density at radius 2 is 1.90 bits per heavy atom. The number of carbonyl (C=O) groups excluding carboxylic acids is 2. The van der Waals surface area contributed by atoms with Gasteiger partial charge in [0, 0.05) is 29.0 Å². The normalized spacial score (nSPS) is 16.4. The highest BCUT2D eigenvalue weighted by Gasteiger charge is 2.29. The summed E-state index contributed by atoms with van der Waals surface area (Å²) in [5.74, 6) is 1.35. The Hall–Kier alpha value is -2.81. The van der Waals surface area contributed by atoms with E-state index in [0.717, 1.165) is 33.8 Å². The first-order chi connectivity index (χ1) is 18.7. The van der Waals surface area contributed by atoms with Gasteiger partial charge in [-0.15, -0.1) is 12.4 Å². The minimum absolute atomic E-state index is 0. The van der Waals surface area contributed by atoms with Crippen LogP contribution in [0.3, 0.4) is 0 Å². The molecule has 2 aliphatic heterocycles. The Balaban J connectivity index is 0.00000370. The highest BCUT2D eigenvalue weighted by Crippen LogP contribution is 2.43. The van der Waals surface area contributed by atoms with Crippen LogP contribution in [0.2, 0.25) is 0 Å². The summed E-state index contributed by atoms with van der Waals surface area (Å²) in [6.07, 6.45) is 3.17. The number of rotatable bonds is 8. The summed E-state index contributed by atoms with van der Waals surface area (Å²) in [7, 11) is 0. The van der Waals surface area contributed by atoms with E-state index in [1.54, 1.807) is 11.8 Å². The molecule has 12 nitrogen and oxygen atoms in total. The number of aryl methyl sites for hydroxylation is 1. The van der Waals surface area contributed by atoms with E-state index in [1.165, 1.54) is 25.0 Å². The van der Waals surface area contributed by atoms with Crippen molar-refractivity contribution in [3.8, 4) is 11.5 Å². The predicted molar refractivity (Wildman–Crippen MR) is 154 cm³/mol. The molecule has 3 aromatic rings. The number of ether oxygens (including phenoxy) is 3. The van der Waals surface area contributed by atoms with E-state index in [0.29, 0.717) is 54.0 Å². The number of halogens is 2. The molecule has 0 radical (unpaired) electrons. The molecule has 1 aromatic carbocycles. The molecule has 0 aliphatic carbocycles. The number of aromatic nitrogens is 4. The molecule has 216 valence electrons. The van der Waals surface area contributed by atoms with E-state index < -0.39 is 18.1 Å². The molecule has 2 aliphatic rings. The molecule has 0 unspecified atom stereocenters. The average Bonchev–Trinajstić information content (AvgIpc) is 3.51. The van der Waals surface area contributed by atoms with Gasteiger partial charge in [0.25, 0.3) is 5.91 Å². The van der Waals surface area contributed by atoms with Crippen LogP contribution < -0.4 is 20.9 Å². The number of anilines is 1. The number of amides is 1. The summed E-state index contributed by atoms with van der Waals surface area (Å²) in [5.41, 5.74) is 12.9. The predicted octanol–water partition coefficient (Wildman–Crippen LogP) is 3.38. The van der Waals surface area contributed by atoms with Gasteiger partial charge in [-0.05, 0) is 67.1 Å². The number of hydrogen-bond acceptors (Lipinski definition) is 11. The van der Waals surface area contributed by atoms with Gasteiger partial charge in [-0.2, -0.15) is 0 Å². The van der Waals surface area contributed by atoms with Gasteiger partial charge in [0.1, 0.15) is 12.4 Å². The van der Waals surface area contributed by atoms with Crippen LogP contribution in [0.15, 0.2) is 33.0 Å². The number of piperidine rings is 1. The number of hydrogen-bond donors (Lipinski definition) is 2. The lowest BCUT2D eigenvalue weighted by molar-refractivity contribution is -0.160. The van der Waals surface area contributed by atoms with Gasteiger partial charge in [0.2, 0.25) is 6.79 Å². The molecule has 2 atom stereocenters. The lowest BCUT2D eigenvalue weighted by atomic mass is 9.93. The van der Waals surface area contributed by atoms with Crippen LogP contribution >= 0.6 is 40.1 Å². The van der Waals surface area contributed by atoms with Gasteiger partial charge in [0.05, 0.1) is 0 Å². The van der Waals surface area contributed by atoms with Crippen molar-refractivity contribution in [3.63, 3.8) is 0 Å². The van der Waals surface area contributed by atoms with E-state index in [9.17, 15) is 9.59 Å². The fraction of sp³-hybridized carbons (Fsp3) is 0.480. The summed E-state index contributed by atoms with van der Waals surface area (Å²) in [4.78, 5) is 40.5. The minimum atomic E-state index is -0.849. The van der Waals surface area contributed by atoms with E-state index >= 15 is 0 Å². The number of likely N-dealkylation sites (tertiary alicyclic amines) is 1. The quantitative estimate of drug-likeness (QED) is 0.342. The number of benzene rings is 1. The molecule has 2 aromatic heterocycles. The first-order valence-corrected chi connectivity index (χ1v) is 14.3. The molecule has 1 amide bonds. The van der Waals surface area contributed by atoms with Gasteiger partial charge >= 0.3 is 5.97 Å². The van der Waals surface area contributed by atoms with Crippen LogP contribution in [-0.4, -0.2) is 68.3 Å². The topological polar surface area (TPSA) is 161 Å². The molecule has 4 N–H and O–H groups in total. The number of nitrogen functional groups attached to an aromatic ring is 1. The molecule has 1 fully saturated rings. The fourth-order valence-electron chi connectivity index (χ4n) is 4.63. The standard InChI is InChI=1S/C25H30BrN7O5S.ClH/c1-13(27)24(35)38-14(2)23(34)32-6-3-15(4-7-32)5-8-33-22-20(21(28)29-11-30-22)31-25(33)39-19-10-18-17(9-16(19)26)36-12-37-18;/h9-11,13-15H,3-8,12,27H2,1-2H3,(H2,28,29,30);1H/t13-,14+;/m1./s1. The maximum atomic E-state index is 12.7. The third-order valence-electron chi connectivity index (χ3n) is 6.85. The molecule has 15 heteroatoms. The number of imidazole rings is 1. The number of nitrogens with two attached hydrogens (primary N) is 2. The Kier molecular flexibility index (Phi) is 9.64. The highest BCUT2D eigenvalue weighted by molar-refractivity contribution is 9.10. The number of fused-ring (bicyclic) bond motifs is 2. The van der Waals surface area contributed by atoms with E-state index in [-0.39, 0.29) is 25.1 Å². The summed E-state index contributed by atoms with van der Waals surface area (Å²) in [6, 6.07) is 3.05. The van der Waals surface area contributed by atoms with Crippen molar-refractivity contribution in [3.05, 3.63) is 22.9 Å². The van der Waals surface area contributed by atoms with Crippen LogP contribution in [-0.2, 0) is 20.9 Å². The van der Waals surface area contributed by atoms with Crippen molar-refractivity contribution in [2.75, 3.05) is 25.6 Å². The maximum absolute atomic E-state index is 12.7. The zero-order valence-corrected chi connectivity index (χ0v) is 25.3. The van der Waals surface area contributed by atoms with Gasteiger partial charge < -0.3 is 35.1 Å². The van der Waals surface area contributed by atoms with Crippen LogP contribution in [0.1, 0.15) is 33.1 Å². The number of nitrogens with zero attached hydrogens (tertiary/aromatic N) is 5. The van der Waals surface area contributed by atoms with Crippen LogP contribution in [0.25, 0.3) is 11.2 Å². The summed E-state index contributed by atoms with van der Waals surface area (Å²) in [5, 5.41) is 0.745. The molecule has 40 heavy (non-hydrogen) atoms. The zero-order chi connectivity index (χ0) is 27.7. The summed E-state index contributed by atoms with van der Waals surface area (Å²) in [6.45, 7) is 5.21. The Morgan fingerprint density at radius 1 is 1.20 bits per heavy atom. The Morgan fingerprint density at radius 3 is 2.60 bits per heavy atom. The summed E-state index contributed by atoms with van der Waals surface area (Å²) < 4.78 is 19.1. The molecule has 1 saturated heterocycles. The van der Waals surface area contributed by atoms with Gasteiger partial charge in [-0.25, -0.2) is 15.0 Å².